The molecule has 0 aromatic carbocycles. The molecule has 0 aromatic heterocycles. The fourth-order valence-corrected chi connectivity index (χ4v) is 1.74. The minimum atomic E-state index is -1.20. The van der Waals surface area contributed by atoms with Gasteiger partial charge >= 0.3 is 0 Å². The standard InChI is InChI=1S/C11H22O5/c1-3-5-6-15-11-10(14)9(13)8(12)7(4-2)16-11/h7-14H,3-6H2,1-2H3/t7-,8-,9+,10-,11-/m1/s1. The Kier molecular flexibility index (Phi) is 5.64. The van der Waals surface area contributed by atoms with Crippen LogP contribution < -0.4 is 0 Å². The van der Waals surface area contributed by atoms with Crippen molar-refractivity contribution in [3.05, 3.63) is 0 Å². The lowest BCUT2D eigenvalue weighted by Crippen LogP contribution is -2.58. The highest BCUT2D eigenvalue weighted by atomic mass is 16.7. The van der Waals surface area contributed by atoms with E-state index >= 15 is 0 Å². The third-order valence-corrected chi connectivity index (χ3v) is 2.85. The number of ether oxygens (including phenoxy) is 2. The normalized spacial score (nSPS) is 39.9. The van der Waals surface area contributed by atoms with Gasteiger partial charge in [-0.1, -0.05) is 20.3 Å². The predicted molar refractivity (Wildman–Crippen MR) is 57.8 cm³/mol. The molecule has 1 heterocycles. The van der Waals surface area contributed by atoms with Crippen molar-refractivity contribution >= 4 is 0 Å². The minimum Gasteiger partial charge on any atom is -0.388 e. The Balaban J connectivity index is 2.50. The van der Waals surface area contributed by atoms with Gasteiger partial charge in [0.25, 0.3) is 0 Å². The molecule has 0 amide bonds. The first-order valence-electron chi connectivity index (χ1n) is 5.93. The quantitative estimate of drug-likeness (QED) is 0.584. The van der Waals surface area contributed by atoms with Gasteiger partial charge in [-0.3, -0.25) is 0 Å². The molecule has 1 fully saturated rings. The number of rotatable bonds is 5. The number of unbranched alkanes of at least 4 members (excludes halogenated alkanes) is 1. The van der Waals surface area contributed by atoms with Crippen LogP contribution in [0.4, 0.5) is 0 Å². The first-order valence-corrected chi connectivity index (χ1v) is 5.93. The summed E-state index contributed by atoms with van der Waals surface area (Å²) in [6.45, 7) is 4.37. The van der Waals surface area contributed by atoms with E-state index in [0.29, 0.717) is 13.0 Å². The van der Waals surface area contributed by atoms with Gasteiger partial charge in [-0.05, 0) is 12.8 Å². The number of aliphatic hydroxyl groups excluding tert-OH is 3. The molecule has 5 nitrogen and oxygen atoms in total. The molecule has 1 aliphatic rings. The lowest BCUT2D eigenvalue weighted by molar-refractivity contribution is -0.297. The van der Waals surface area contributed by atoms with Crippen LogP contribution in [0.1, 0.15) is 33.1 Å². The van der Waals surface area contributed by atoms with Crippen molar-refractivity contribution < 1.29 is 24.8 Å². The van der Waals surface area contributed by atoms with Gasteiger partial charge in [-0.2, -0.15) is 0 Å². The van der Waals surface area contributed by atoms with E-state index in [0.717, 1.165) is 12.8 Å². The average molecular weight is 234 g/mol. The summed E-state index contributed by atoms with van der Waals surface area (Å²) in [6.07, 6.45) is -2.32. The van der Waals surface area contributed by atoms with E-state index in [1.165, 1.54) is 0 Å². The zero-order chi connectivity index (χ0) is 12.1. The topological polar surface area (TPSA) is 79.2 Å². The Bertz CT molecular complexity index is 197. The molecule has 0 spiro atoms. The summed E-state index contributed by atoms with van der Waals surface area (Å²) in [6, 6.07) is 0. The molecule has 0 radical (unpaired) electrons. The largest absolute Gasteiger partial charge is 0.388 e. The second kappa shape index (κ2) is 6.51. The first-order chi connectivity index (χ1) is 7.61. The molecule has 0 bridgehead atoms. The van der Waals surface area contributed by atoms with Gasteiger partial charge in [0.1, 0.15) is 18.3 Å². The van der Waals surface area contributed by atoms with Gasteiger partial charge in [-0.25, -0.2) is 0 Å². The molecule has 3 N–H and O–H groups in total. The van der Waals surface area contributed by atoms with Crippen molar-refractivity contribution in [2.45, 2.75) is 63.8 Å². The van der Waals surface area contributed by atoms with Gasteiger partial charge in [0.05, 0.1) is 6.10 Å². The highest BCUT2D eigenvalue weighted by Crippen LogP contribution is 2.23. The van der Waals surface area contributed by atoms with Crippen molar-refractivity contribution in [3.8, 4) is 0 Å². The van der Waals surface area contributed by atoms with Crippen LogP contribution >= 0.6 is 0 Å². The zero-order valence-corrected chi connectivity index (χ0v) is 9.87. The van der Waals surface area contributed by atoms with Crippen molar-refractivity contribution in [2.24, 2.45) is 0 Å². The summed E-state index contributed by atoms with van der Waals surface area (Å²) in [4.78, 5) is 0. The number of hydrogen-bond donors (Lipinski definition) is 3. The molecule has 96 valence electrons. The zero-order valence-electron chi connectivity index (χ0n) is 9.87. The SMILES string of the molecule is CCCCO[C@@H]1O[C@H](CC)[C@@H](O)[C@H](O)[C@H]1O. The minimum absolute atomic E-state index is 0.481. The summed E-state index contributed by atoms with van der Waals surface area (Å²) in [7, 11) is 0. The molecule has 0 unspecified atom stereocenters. The highest BCUT2D eigenvalue weighted by Gasteiger charge is 2.43. The summed E-state index contributed by atoms with van der Waals surface area (Å²) in [5.74, 6) is 0. The molecule has 1 rings (SSSR count). The second-order valence-electron chi connectivity index (χ2n) is 4.15. The van der Waals surface area contributed by atoms with Crippen LogP contribution in [0.5, 0.6) is 0 Å². The number of aliphatic hydroxyl groups is 3. The van der Waals surface area contributed by atoms with E-state index in [2.05, 4.69) is 0 Å². The Labute approximate surface area is 96.0 Å². The number of hydrogen-bond acceptors (Lipinski definition) is 5. The Morgan fingerprint density at radius 2 is 1.75 bits per heavy atom. The van der Waals surface area contributed by atoms with E-state index in [4.69, 9.17) is 9.47 Å². The lowest BCUT2D eigenvalue weighted by atomic mass is 9.97. The molecule has 16 heavy (non-hydrogen) atoms. The van der Waals surface area contributed by atoms with E-state index in [1.54, 1.807) is 0 Å². The molecule has 0 aliphatic carbocycles. The fourth-order valence-electron chi connectivity index (χ4n) is 1.74. The van der Waals surface area contributed by atoms with E-state index in [-0.39, 0.29) is 0 Å². The van der Waals surface area contributed by atoms with E-state index in [9.17, 15) is 15.3 Å². The van der Waals surface area contributed by atoms with Gasteiger partial charge in [0, 0.05) is 6.61 Å². The highest BCUT2D eigenvalue weighted by molar-refractivity contribution is 4.88. The maximum Gasteiger partial charge on any atom is 0.186 e. The molecule has 5 heteroatoms. The van der Waals surface area contributed by atoms with Crippen molar-refractivity contribution in [2.75, 3.05) is 6.61 Å². The van der Waals surface area contributed by atoms with Crippen LogP contribution in [-0.2, 0) is 9.47 Å². The van der Waals surface area contributed by atoms with E-state index < -0.39 is 30.7 Å². The monoisotopic (exact) mass is 234 g/mol. The molecular weight excluding hydrogens is 212 g/mol. The maximum atomic E-state index is 9.66. The van der Waals surface area contributed by atoms with Crippen LogP contribution in [0.2, 0.25) is 0 Å². The van der Waals surface area contributed by atoms with Crippen molar-refractivity contribution in [3.63, 3.8) is 0 Å². The molecule has 0 saturated carbocycles. The third kappa shape index (κ3) is 3.15. The molecule has 1 saturated heterocycles. The van der Waals surface area contributed by atoms with Crippen molar-refractivity contribution in [1.82, 2.24) is 0 Å². The van der Waals surface area contributed by atoms with Crippen LogP contribution in [0.3, 0.4) is 0 Å². The lowest BCUT2D eigenvalue weighted by Gasteiger charge is -2.40. The Morgan fingerprint density at radius 1 is 1.06 bits per heavy atom. The second-order valence-corrected chi connectivity index (χ2v) is 4.15. The van der Waals surface area contributed by atoms with Crippen LogP contribution in [0, 0.1) is 0 Å². The smallest absolute Gasteiger partial charge is 0.186 e. The van der Waals surface area contributed by atoms with Crippen molar-refractivity contribution in [1.29, 1.82) is 0 Å². The van der Waals surface area contributed by atoms with Crippen LogP contribution in [0.15, 0.2) is 0 Å². The van der Waals surface area contributed by atoms with Gasteiger partial charge < -0.3 is 24.8 Å². The van der Waals surface area contributed by atoms with Gasteiger partial charge in [-0.15, -0.1) is 0 Å². The maximum absolute atomic E-state index is 9.66. The fraction of sp³-hybridized carbons (Fsp3) is 1.00. The first kappa shape index (κ1) is 13.9. The van der Waals surface area contributed by atoms with Gasteiger partial charge in [0.15, 0.2) is 6.29 Å². The predicted octanol–water partition coefficient (Wildman–Crippen LogP) is 0.0207. The molecule has 5 atom stereocenters. The van der Waals surface area contributed by atoms with Crippen LogP contribution in [0.25, 0.3) is 0 Å². The Morgan fingerprint density at radius 3 is 2.31 bits per heavy atom. The molecule has 0 aromatic rings. The Hall–Kier alpha value is -0.200. The molecular formula is C11H22O5. The van der Waals surface area contributed by atoms with Gasteiger partial charge in [0.2, 0.25) is 0 Å². The average Bonchev–Trinajstić information content (AvgIpc) is 2.29. The van der Waals surface area contributed by atoms with E-state index in [1.807, 2.05) is 13.8 Å². The summed E-state index contributed by atoms with van der Waals surface area (Å²) >= 11 is 0. The van der Waals surface area contributed by atoms with Crippen LogP contribution in [-0.4, -0.2) is 52.6 Å². The summed E-state index contributed by atoms with van der Waals surface area (Å²) in [5.41, 5.74) is 0. The summed E-state index contributed by atoms with van der Waals surface area (Å²) in [5, 5.41) is 28.9. The summed E-state index contributed by atoms with van der Waals surface area (Å²) < 4.78 is 10.7. The third-order valence-electron chi connectivity index (χ3n) is 2.85. The molecule has 1 aliphatic heterocycles.